The Bertz CT molecular complexity index is 1320. The molecule has 0 aliphatic rings. The molecular formula is C25H20BrFN2O4. The lowest BCUT2D eigenvalue weighted by molar-refractivity contribution is -0.142. The molecule has 4 aromatic rings. The van der Waals surface area contributed by atoms with E-state index in [1.807, 2.05) is 6.07 Å². The molecule has 0 saturated heterocycles. The number of benzene rings is 3. The van der Waals surface area contributed by atoms with Crippen molar-refractivity contribution in [1.82, 2.24) is 4.98 Å². The van der Waals surface area contributed by atoms with Gasteiger partial charge in [0.05, 0.1) is 17.5 Å². The van der Waals surface area contributed by atoms with Crippen molar-refractivity contribution in [2.24, 2.45) is 0 Å². The lowest BCUT2D eigenvalue weighted by atomic mass is 10.1. The highest BCUT2D eigenvalue weighted by molar-refractivity contribution is 9.10. The summed E-state index contributed by atoms with van der Waals surface area (Å²) < 4.78 is 24.9. The predicted molar refractivity (Wildman–Crippen MR) is 127 cm³/mol. The maximum Gasteiger partial charge on any atom is 0.310 e. The molecule has 0 spiro atoms. The summed E-state index contributed by atoms with van der Waals surface area (Å²) in [5.74, 6) is 0.192. The molecule has 6 nitrogen and oxygen atoms in total. The van der Waals surface area contributed by atoms with Crippen LogP contribution in [0.1, 0.15) is 23.0 Å². The summed E-state index contributed by atoms with van der Waals surface area (Å²) in [6.07, 6.45) is 0.187. The first kappa shape index (κ1) is 22.5. The Hall–Kier alpha value is -3.65. The number of ether oxygens (including phenoxy) is 2. The van der Waals surface area contributed by atoms with Gasteiger partial charge in [0, 0.05) is 16.6 Å². The minimum Gasteiger partial charge on any atom is -0.466 e. The van der Waals surface area contributed by atoms with E-state index in [0.717, 1.165) is 5.56 Å². The smallest absolute Gasteiger partial charge is 0.310 e. The van der Waals surface area contributed by atoms with Crippen LogP contribution in [-0.4, -0.2) is 23.5 Å². The van der Waals surface area contributed by atoms with Crippen molar-refractivity contribution in [3.05, 3.63) is 88.3 Å². The molecule has 4 rings (SSSR count). The van der Waals surface area contributed by atoms with Crippen LogP contribution in [0.3, 0.4) is 0 Å². The first-order chi connectivity index (χ1) is 15.9. The van der Waals surface area contributed by atoms with Crippen molar-refractivity contribution in [1.29, 1.82) is 0 Å². The van der Waals surface area contributed by atoms with E-state index in [0.29, 0.717) is 44.9 Å². The summed E-state index contributed by atoms with van der Waals surface area (Å²) in [6, 6.07) is 18.2. The normalized spacial score (nSPS) is 10.8. The number of hydrogen-bond donors (Lipinski definition) is 2. The molecule has 168 valence electrons. The SMILES string of the molecule is CCOC(=O)Cc1ccc(Oc2ccc(NC(=O)c3cc4cc(F)ccc4[nH]3)cc2)c(Br)c1. The molecule has 0 bridgehead atoms. The van der Waals surface area contributed by atoms with Gasteiger partial charge in [-0.25, -0.2) is 4.39 Å². The van der Waals surface area contributed by atoms with Crippen molar-refractivity contribution in [2.45, 2.75) is 13.3 Å². The van der Waals surface area contributed by atoms with E-state index in [-0.39, 0.29) is 24.1 Å². The molecule has 33 heavy (non-hydrogen) atoms. The summed E-state index contributed by atoms with van der Waals surface area (Å²) in [5.41, 5.74) is 2.42. The summed E-state index contributed by atoms with van der Waals surface area (Å²) in [6.45, 7) is 2.12. The van der Waals surface area contributed by atoms with Gasteiger partial charge in [-0.05, 0) is 89.1 Å². The van der Waals surface area contributed by atoms with Crippen LogP contribution < -0.4 is 10.1 Å². The number of carbonyl (C=O) groups excluding carboxylic acids is 2. The van der Waals surface area contributed by atoms with Crippen LogP contribution >= 0.6 is 15.9 Å². The monoisotopic (exact) mass is 510 g/mol. The largest absolute Gasteiger partial charge is 0.466 e. The molecule has 8 heteroatoms. The zero-order chi connectivity index (χ0) is 23.4. The van der Waals surface area contributed by atoms with Gasteiger partial charge in [-0.15, -0.1) is 0 Å². The fourth-order valence-electron chi connectivity index (χ4n) is 3.27. The molecular weight excluding hydrogens is 491 g/mol. The highest BCUT2D eigenvalue weighted by atomic mass is 79.9. The van der Waals surface area contributed by atoms with Crippen molar-refractivity contribution in [3.63, 3.8) is 0 Å². The first-order valence-electron chi connectivity index (χ1n) is 10.2. The van der Waals surface area contributed by atoms with Gasteiger partial charge in [0.15, 0.2) is 0 Å². The van der Waals surface area contributed by atoms with E-state index < -0.39 is 0 Å². The van der Waals surface area contributed by atoms with Gasteiger partial charge in [0.2, 0.25) is 0 Å². The van der Waals surface area contributed by atoms with Gasteiger partial charge < -0.3 is 19.8 Å². The number of amides is 1. The summed E-state index contributed by atoms with van der Waals surface area (Å²) >= 11 is 3.46. The number of carbonyl (C=O) groups is 2. The van der Waals surface area contributed by atoms with Crippen LogP contribution in [0.4, 0.5) is 10.1 Å². The summed E-state index contributed by atoms with van der Waals surface area (Å²) in [4.78, 5) is 27.2. The van der Waals surface area contributed by atoms with E-state index in [4.69, 9.17) is 9.47 Å². The quantitative estimate of drug-likeness (QED) is 0.289. The standard InChI is InChI=1S/C25H20BrFN2O4/c1-2-32-24(30)12-15-3-10-23(20(26)11-15)33-19-7-5-18(6-8-19)28-25(31)22-14-16-13-17(27)4-9-21(16)29-22/h3-11,13-14,29H,2,12H2,1H3,(H,28,31). The molecule has 1 heterocycles. The number of hydrogen-bond acceptors (Lipinski definition) is 4. The Balaban J connectivity index is 1.39. The Morgan fingerprint density at radius 2 is 1.82 bits per heavy atom. The van der Waals surface area contributed by atoms with Gasteiger partial charge in [0.25, 0.3) is 5.91 Å². The molecule has 0 unspecified atom stereocenters. The van der Waals surface area contributed by atoms with Crippen LogP contribution in [0.2, 0.25) is 0 Å². The second-order valence-electron chi connectivity index (χ2n) is 7.24. The van der Waals surface area contributed by atoms with Gasteiger partial charge >= 0.3 is 5.97 Å². The van der Waals surface area contributed by atoms with E-state index in [1.54, 1.807) is 55.5 Å². The maximum absolute atomic E-state index is 13.4. The van der Waals surface area contributed by atoms with Crippen LogP contribution in [0.25, 0.3) is 10.9 Å². The number of H-pyrrole nitrogens is 1. The molecule has 1 aromatic heterocycles. The molecule has 0 aliphatic carbocycles. The van der Waals surface area contributed by atoms with E-state index >= 15 is 0 Å². The van der Waals surface area contributed by atoms with Crippen LogP contribution in [0.15, 0.2) is 71.2 Å². The Labute approximate surface area is 197 Å². The topological polar surface area (TPSA) is 80.4 Å². The third-order valence-corrected chi connectivity index (χ3v) is 5.44. The van der Waals surface area contributed by atoms with Crippen molar-refractivity contribution >= 4 is 44.4 Å². The second-order valence-corrected chi connectivity index (χ2v) is 8.10. The average Bonchev–Trinajstić information content (AvgIpc) is 3.20. The molecule has 0 radical (unpaired) electrons. The maximum atomic E-state index is 13.4. The van der Waals surface area contributed by atoms with E-state index in [1.165, 1.54) is 12.1 Å². The molecule has 0 fully saturated rings. The van der Waals surface area contributed by atoms with Crippen LogP contribution in [0, 0.1) is 5.82 Å². The van der Waals surface area contributed by atoms with Crippen molar-refractivity contribution in [2.75, 3.05) is 11.9 Å². The number of nitrogens with one attached hydrogen (secondary N) is 2. The Morgan fingerprint density at radius 3 is 2.55 bits per heavy atom. The highest BCUT2D eigenvalue weighted by Gasteiger charge is 2.12. The van der Waals surface area contributed by atoms with Crippen LogP contribution in [0.5, 0.6) is 11.5 Å². The lowest BCUT2D eigenvalue weighted by Gasteiger charge is -2.10. The molecule has 3 aromatic carbocycles. The zero-order valence-corrected chi connectivity index (χ0v) is 19.2. The third-order valence-electron chi connectivity index (χ3n) is 4.82. The first-order valence-corrected chi connectivity index (χ1v) is 11.0. The lowest BCUT2D eigenvalue weighted by Crippen LogP contribution is -2.12. The Kier molecular flexibility index (Phi) is 6.74. The highest BCUT2D eigenvalue weighted by Crippen LogP contribution is 2.31. The molecule has 0 aliphatic heterocycles. The van der Waals surface area contributed by atoms with Gasteiger partial charge in [-0.1, -0.05) is 6.07 Å². The minimum atomic E-state index is -0.357. The summed E-state index contributed by atoms with van der Waals surface area (Å²) in [7, 11) is 0. The third kappa shape index (κ3) is 5.59. The van der Waals surface area contributed by atoms with Crippen LogP contribution in [-0.2, 0) is 16.0 Å². The fraction of sp³-hybridized carbons (Fsp3) is 0.120. The zero-order valence-electron chi connectivity index (χ0n) is 17.7. The minimum absolute atomic E-state index is 0.187. The number of aromatic nitrogens is 1. The second kappa shape index (κ2) is 9.87. The number of fused-ring (bicyclic) bond motifs is 1. The van der Waals surface area contributed by atoms with Crippen molar-refractivity contribution in [3.8, 4) is 11.5 Å². The van der Waals surface area contributed by atoms with Crippen molar-refractivity contribution < 1.29 is 23.5 Å². The average molecular weight is 511 g/mol. The molecule has 2 N–H and O–H groups in total. The number of aromatic amines is 1. The van der Waals surface area contributed by atoms with Gasteiger partial charge in [-0.3, -0.25) is 9.59 Å². The molecule has 0 saturated carbocycles. The number of rotatable bonds is 7. The predicted octanol–water partition coefficient (Wildman–Crippen LogP) is 6.22. The number of esters is 1. The molecule has 1 amide bonds. The number of halogens is 2. The van der Waals surface area contributed by atoms with E-state index in [9.17, 15) is 14.0 Å². The van der Waals surface area contributed by atoms with Gasteiger partial charge in [0.1, 0.15) is 23.0 Å². The molecule has 0 atom stereocenters. The fourth-order valence-corrected chi connectivity index (χ4v) is 3.78. The summed E-state index contributed by atoms with van der Waals surface area (Å²) in [5, 5.41) is 3.43. The number of anilines is 1. The Morgan fingerprint density at radius 1 is 1.03 bits per heavy atom. The van der Waals surface area contributed by atoms with E-state index in [2.05, 4.69) is 26.2 Å². The van der Waals surface area contributed by atoms with Gasteiger partial charge in [-0.2, -0.15) is 0 Å².